The number of carbonyl (C=O) groups is 1. The van der Waals surface area contributed by atoms with Crippen molar-refractivity contribution in [3.63, 3.8) is 0 Å². The van der Waals surface area contributed by atoms with Gasteiger partial charge in [0.25, 0.3) is 11.5 Å². The molecule has 0 aliphatic carbocycles. The molecule has 0 unspecified atom stereocenters. The Balaban J connectivity index is 1.80. The van der Waals surface area contributed by atoms with Crippen LogP contribution in [-0.4, -0.2) is 20.4 Å². The third-order valence-electron chi connectivity index (χ3n) is 3.98. The Morgan fingerprint density at radius 3 is 2.50 bits per heavy atom. The minimum absolute atomic E-state index is 0.228. The molecule has 0 bridgehead atoms. The van der Waals surface area contributed by atoms with Crippen molar-refractivity contribution in [2.45, 2.75) is 0 Å². The van der Waals surface area contributed by atoms with E-state index in [9.17, 15) is 9.59 Å². The third-order valence-corrected chi connectivity index (χ3v) is 3.98. The van der Waals surface area contributed by atoms with E-state index in [0.717, 1.165) is 0 Å². The van der Waals surface area contributed by atoms with E-state index in [1.165, 1.54) is 10.9 Å². The smallest absolute Gasteiger partial charge is 0.265 e. The fourth-order valence-corrected chi connectivity index (χ4v) is 2.74. The second kappa shape index (κ2) is 6.60. The Bertz CT molecular complexity index is 1150. The van der Waals surface area contributed by atoms with Gasteiger partial charge in [0.15, 0.2) is 0 Å². The molecule has 126 valence electrons. The summed E-state index contributed by atoms with van der Waals surface area (Å²) in [4.78, 5) is 34.0. The van der Waals surface area contributed by atoms with Crippen LogP contribution in [0.15, 0.2) is 84.0 Å². The maximum atomic E-state index is 12.8. The van der Waals surface area contributed by atoms with Gasteiger partial charge in [-0.1, -0.05) is 30.3 Å². The first-order chi connectivity index (χ1) is 12.7. The Labute approximate surface area is 148 Å². The third kappa shape index (κ3) is 2.84. The molecule has 0 aliphatic heterocycles. The van der Waals surface area contributed by atoms with E-state index in [1.807, 2.05) is 6.07 Å². The van der Waals surface area contributed by atoms with Gasteiger partial charge in [-0.2, -0.15) is 0 Å². The fraction of sp³-hybridized carbons (Fsp3) is 0. The second-order valence-electron chi connectivity index (χ2n) is 5.62. The lowest BCUT2D eigenvalue weighted by Crippen LogP contribution is -2.23. The average Bonchev–Trinajstić information content (AvgIpc) is 2.69. The molecule has 2 heterocycles. The van der Waals surface area contributed by atoms with Crippen molar-refractivity contribution in [3.8, 4) is 5.69 Å². The lowest BCUT2D eigenvalue weighted by molar-refractivity contribution is 0.102. The molecule has 6 nitrogen and oxygen atoms in total. The number of fused-ring (bicyclic) bond motifs is 1. The average molecular weight is 342 g/mol. The van der Waals surface area contributed by atoms with E-state index in [-0.39, 0.29) is 11.5 Å². The molecule has 26 heavy (non-hydrogen) atoms. The van der Waals surface area contributed by atoms with E-state index >= 15 is 0 Å². The second-order valence-corrected chi connectivity index (χ2v) is 5.62. The van der Waals surface area contributed by atoms with Crippen molar-refractivity contribution in [2.75, 3.05) is 5.32 Å². The molecule has 4 aromatic rings. The van der Waals surface area contributed by atoms with Crippen LogP contribution in [0.2, 0.25) is 0 Å². The van der Waals surface area contributed by atoms with Crippen molar-refractivity contribution in [3.05, 3.63) is 95.2 Å². The Morgan fingerprint density at radius 2 is 1.65 bits per heavy atom. The van der Waals surface area contributed by atoms with Crippen LogP contribution in [0, 0.1) is 0 Å². The van der Waals surface area contributed by atoms with Crippen LogP contribution in [0.3, 0.4) is 0 Å². The maximum absolute atomic E-state index is 12.8. The van der Waals surface area contributed by atoms with Gasteiger partial charge >= 0.3 is 0 Å². The van der Waals surface area contributed by atoms with Crippen LogP contribution < -0.4 is 10.9 Å². The highest BCUT2D eigenvalue weighted by Crippen LogP contribution is 2.16. The SMILES string of the molecule is O=C(Nc1ccccn1)c1ccccc1-n1cnc2ccccc2c1=O. The zero-order valence-corrected chi connectivity index (χ0v) is 13.7. The minimum atomic E-state index is -0.348. The van der Waals surface area contributed by atoms with Crippen LogP contribution in [0.5, 0.6) is 0 Å². The number of benzene rings is 2. The summed E-state index contributed by atoms with van der Waals surface area (Å²) >= 11 is 0. The molecule has 0 aliphatic rings. The molecular formula is C20H14N4O2. The predicted octanol–water partition coefficient (Wildman–Crippen LogP) is 3.03. The molecule has 0 spiro atoms. The molecule has 0 atom stereocenters. The van der Waals surface area contributed by atoms with E-state index in [2.05, 4.69) is 15.3 Å². The summed E-state index contributed by atoms with van der Waals surface area (Å²) in [5, 5.41) is 3.23. The molecule has 0 radical (unpaired) electrons. The lowest BCUT2D eigenvalue weighted by atomic mass is 10.1. The number of hydrogen-bond donors (Lipinski definition) is 1. The zero-order valence-electron chi connectivity index (χ0n) is 13.7. The van der Waals surface area contributed by atoms with Gasteiger partial charge in [-0.05, 0) is 36.4 Å². The van der Waals surface area contributed by atoms with E-state index in [1.54, 1.807) is 66.9 Å². The molecule has 6 heteroatoms. The number of para-hydroxylation sites is 2. The Morgan fingerprint density at radius 1 is 0.885 bits per heavy atom. The van der Waals surface area contributed by atoms with Gasteiger partial charge in [0, 0.05) is 6.20 Å². The van der Waals surface area contributed by atoms with E-state index < -0.39 is 0 Å². The van der Waals surface area contributed by atoms with Crippen LogP contribution in [-0.2, 0) is 0 Å². The van der Waals surface area contributed by atoms with Gasteiger partial charge in [-0.25, -0.2) is 9.97 Å². The number of rotatable bonds is 3. The molecule has 2 aromatic heterocycles. The van der Waals surface area contributed by atoms with Crippen molar-refractivity contribution in [2.24, 2.45) is 0 Å². The minimum Gasteiger partial charge on any atom is -0.306 e. The highest BCUT2D eigenvalue weighted by Gasteiger charge is 2.15. The number of nitrogens with one attached hydrogen (secondary N) is 1. The highest BCUT2D eigenvalue weighted by atomic mass is 16.2. The van der Waals surface area contributed by atoms with Gasteiger partial charge in [0.1, 0.15) is 12.1 Å². The number of hydrogen-bond acceptors (Lipinski definition) is 4. The summed E-state index contributed by atoms with van der Waals surface area (Å²) in [6.07, 6.45) is 3.04. The number of pyridine rings is 1. The first-order valence-corrected chi connectivity index (χ1v) is 8.02. The van der Waals surface area contributed by atoms with Gasteiger partial charge in [0.2, 0.25) is 0 Å². The number of nitrogens with zero attached hydrogens (tertiary/aromatic N) is 3. The molecule has 2 aromatic carbocycles. The highest BCUT2D eigenvalue weighted by molar-refractivity contribution is 6.06. The standard InChI is InChI=1S/C20H14N4O2/c25-19(23-18-11-5-6-12-21-18)15-8-2-4-10-17(15)24-13-22-16-9-3-1-7-14(16)20(24)26/h1-13H,(H,21,23,25). The number of carbonyl (C=O) groups excluding carboxylic acids is 1. The van der Waals surface area contributed by atoms with Gasteiger partial charge in [-0.3, -0.25) is 14.2 Å². The predicted molar refractivity (Wildman–Crippen MR) is 99.5 cm³/mol. The lowest BCUT2D eigenvalue weighted by Gasteiger charge is -2.12. The normalized spacial score (nSPS) is 10.6. The van der Waals surface area contributed by atoms with Crippen molar-refractivity contribution >= 4 is 22.6 Å². The fourth-order valence-electron chi connectivity index (χ4n) is 2.74. The number of anilines is 1. The molecule has 4 rings (SSSR count). The Hall–Kier alpha value is -3.80. The van der Waals surface area contributed by atoms with Gasteiger partial charge < -0.3 is 5.32 Å². The summed E-state index contributed by atoms with van der Waals surface area (Å²) in [6, 6.07) is 19.3. The van der Waals surface area contributed by atoms with E-state index in [4.69, 9.17) is 0 Å². The Kier molecular flexibility index (Phi) is 3.99. The summed E-state index contributed by atoms with van der Waals surface area (Å²) in [6.45, 7) is 0. The number of amides is 1. The van der Waals surface area contributed by atoms with Crippen LogP contribution in [0.4, 0.5) is 5.82 Å². The number of aromatic nitrogens is 3. The van der Waals surface area contributed by atoms with Crippen LogP contribution in [0.1, 0.15) is 10.4 Å². The summed E-state index contributed by atoms with van der Waals surface area (Å²) in [5.74, 6) is 0.0932. The zero-order chi connectivity index (χ0) is 17.9. The van der Waals surface area contributed by atoms with Crippen LogP contribution in [0.25, 0.3) is 16.6 Å². The topological polar surface area (TPSA) is 76.9 Å². The molecule has 1 amide bonds. The molecule has 0 fully saturated rings. The molecule has 0 saturated heterocycles. The first-order valence-electron chi connectivity index (χ1n) is 8.02. The van der Waals surface area contributed by atoms with Crippen LogP contribution >= 0.6 is 0 Å². The molecule has 1 N–H and O–H groups in total. The first kappa shape index (κ1) is 15.7. The van der Waals surface area contributed by atoms with Gasteiger partial charge in [0.05, 0.1) is 22.2 Å². The van der Waals surface area contributed by atoms with Crippen molar-refractivity contribution in [1.29, 1.82) is 0 Å². The molecular weight excluding hydrogens is 328 g/mol. The van der Waals surface area contributed by atoms with Gasteiger partial charge in [-0.15, -0.1) is 0 Å². The summed E-state index contributed by atoms with van der Waals surface area (Å²) < 4.78 is 1.38. The van der Waals surface area contributed by atoms with Crippen molar-refractivity contribution in [1.82, 2.24) is 14.5 Å². The monoisotopic (exact) mass is 342 g/mol. The maximum Gasteiger partial charge on any atom is 0.265 e. The quantitative estimate of drug-likeness (QED) is 0.621. The largest absolute Gasteiger partial charge is 0.306 e. The molecule has 0 saturated carbocycles. The van der Waals surface area contributed by atoms with E-state index in [0.29, 0.717) is 28.0 Å². The van der Waals surface area contributed by atoms with Crippen molar-refractivity contribution < 1.29 is 4.79 Å². The summed E-state index contributed by atoms with van der Waals surface area (Å²) in [7, 11) is 0. The summed E-state index contributed by atoms with van der Waals surface area (Å²) in [5.41, 5.74) is 1.21.